The van der Waals surface area contributed by atoms with Crippen LogP contribution in [0.3, 0.4) is 0 Å². The van der Waals surface area contributed by atoms with Gasteiger partial charge in [-0.15, -0.1) is 10.2 Å². The number of sulfonamides is 1. The molecular formula is C28H31N5O4S2. The normalized spacial score (nSPS) is 11.5. The molecule has 1 amide bonds. The molecule has 0 fully saturated rings. The van der Waals surface area contributed by atoms with Crippen LogP contribution in [0.2, 0.25) is 0 Å². The summed E-state index contributed by atoms with van der Waals surface area (Å²) in [4.78, 5) is 12.6. The predicted molar refractivity (Wildman–Crippen MR) is 152 cm³/mol. The summed E-state index contributed by atoms with van der Waals surface area (Å²) in [6.07, 6.45) is 0. The minimum Gasteiger partial charge on any atom is -0.485 e. The Hall–Kier alpha value is -3.67. The summed E-state index contributed by atoms with van der Waals surface area (Å²) in [5.41, 5.74) is 3.77. The molecule has 3 aromatic carbocycles. The topological polar surface area (TPSA) is 129 Å². The number of aromatic nitrogens is 3. The third-order valence-corrected chi connectivity index (χ3v) is 7.82. The summed E-state index contributed by atoms with van der Waals surface area (Å²) in [6, 6.07) is 21.8. The van der Waals surface area contributed by atoms with Crippen molar-refractivity contribution in [2.75, 3.05) is 11.1 Å². The Bertz CT molecular complexity index is 1540. The zero-order chi connectivity index (χ0) is 28.0. The maximum Gasteiger partial charge on any atom is 0.238 e. The first-order valence-electron chi connectivity index (χ1n) is 12.3. The molecule has 0 radical (unpaired) electrons. The molecule has 0 bridgehead atoms. The Morgan fingerprint density at radius 1 is 1.05 bits per heavy atom. The number of primary sulfonamides is 1. The van der Waals surface area contributed by atoms with Crippen LogP contribution in [0.4, 0.5) is 5.69 Å². The lowest BCUT2D eigenvalue weighted by atomic mass is 10.0. The number of amides is 1. The lowest BCUT2D eigenvalue weighted by Crippen LogP contribution is -2.16. The van der Waals surface area contributed by atoms with Crippen LogP contribution in [0.15, 0.2) is 82.8 Å². The van der Waals surface area contributed by atoms with Gasteiger partial charge in [-0.3, -0.25) is 9.36 Å². The van der Waals surface area contributed by atoms with Gasteiger partial charge in [0.1, 0.15) is 12.4 Å². The van der Waals surface area contributed by atoms with Crippen molar-refractivity contribution in [1.82, 2.24) is 14.8 Å². The van der Waals surface area contributed by atoms with Gasteiger partial charge in [-0.1, -0.05) is 68.1 Å². The van der Waals surface area contributed by atoms with Crippen molar-refractivity contribution < 1.29 is 17.9 Å². The second kappa shape index (κ2) is 12.5. The number of nitrogens with one attached hydrogen (secondary N) is 1. The van der Waals surface area contributed by atoms with Gasteiger partial charge in [0.2, 0.25) is 15.9 Å². The minimum atomic E-state index is -3.80. The largest absolute Gasteiger partial charge is 0.485 e. The number of hydrogen-bond donors (Lipinski definition) is 2. The van der Waals surface area contributed by atoms with E-state index in [9.17, 15) is 13.2 Å². The summed E-state index contributed by atoms with van der Waals surface area (Å²) in [7, 11) is -3.80. The summed E-state index contributed by atoms with van der Waals surface area (Å²) >= 11 is 1.26. The van der Waals surface area contributed by atoms with Crippen LogP contribution in [-0.4, -0.2) is 34.8 Å². The van der Waals surface area contributed by atoms with Gasteiger partial charge in [-0.2, -0.15) is 0 Å². The molecule has 0 saturated heterocycles. The smallest absolute Gasteiger partial charge is 0.238 e. The van der Waals surface area contributed by atoms with E-state index in [-0.39, 0.29) is 23.2 Å². The first kappa shape index (κ1) is 28.3. The molecule has 39 heavy (non-hydrogen) atoms. The molecule has 1 heterocycles. The molecule has 204 valence electrons. The highest BCUT2D eigenvalue weighted by Gasteiger charge is 2.17. The Morgan fingerprint density at radius 3 is 2.44 bits per heavy atom. The van der Waals surface area contributed by atoms with Crippen molar-refractivity contribution in [3.63, 3.8) is 0 Å². The molecule has 4 rings (SSSR count). The fourth-order valence-electron chi connectivity index (χ4n) is 3.90. The fraction of sp³-hybridized carbons (Fsp3) is 0.250. The molecule has 1 aromatic heterocycles. The molecule has 0 spiro atoms. The maximum absolute atomic E-state index is 12.6. The third kappa shape index (κ3) is 7.69. The zero-order valence-corrected chi connectivity index (χ0v) is 23.6. The molecular weight excluding hydrogens is 534 g/mol. The SMILES string of the molecule is Cc1ccc(C(C)C)c(OCc2nnc(SCC(=O)Nc3ccc(S(N)(=O)=O)cc3)n2Cc2ccccc2)c1. The Kier molecular flexibility index (Phi) is 9.05. The van der Waals surface area contributed by atoms with Crippen LogP contribution in [0, 0.1) is 6.92 Å². The number of carbonyl (C=O) groups excluding carboxylic acids is 1. The number of anilines is 1. The van der Waals surface area contributed by atoms with Gasteiger partial charge in [0.25, 0.3) is 0 Å². The molecule has 0 unspecified atom stereocenters. The second-order valence-corrected chi connectivity index (χ2v) is 11.9. The Morgan fingerprint density at radius 2 is 1.77 bits per heavy atom. The number of hydrogen-bond acceptors (Lipinski definition) is 7. The van der Waals surface area contributed by atoms with E-state index in [1.54, 1.807) is 0 Å². The van der Waals surface area contributed by atoms with E-state index in [2.05, 4.69) is 41.5 Å². The van der Waals surface area contributed by atoms with Gasteiger partial charge < -0.3 is 10.1 Å². The van der Waals surface area contributed by atoms with E-state index in [0.717, 1.165) is 22.4 Å². The van der Waals surface area contributed by atoms with Gasteiger partial charge in [0.05, 0.1) is 17.2 Å². The van der Waals surface area contributed by atoms with Gasteiger partial charge in [-0.05, 0) is 59.9 Å². The molecule has 0 atom stereocenters. The highest BCUT2D eigenvalue weighted by atomic mass is 32.2. The molecule has 0 saturated carbocycles. The van der Waals surface area contributed by atoms with Crippen LogP contribution >= 0.6 is 11.8 Å². The summed E-state index contributed by atoms with van der Waals surface area (Å²) in [5.74, 6) is 1.60. The predicted octanol–water partition coefficient (Wildman–Crippen LogP) is 4.72. The first-order chi connectivity index (χ1) is 18.6. The Labute approximate surface area is 232 Å². The van der Waals surface area contributed by atoms with E-state index < -0.39 is 10.0 Å². The maximum atomic E-state index is 12.6. The lowest BCUT2D eigenvalue weighted by molar-refractivity contribution is -0.113. The number of aryl methyl sites for hydroxylation is 1. The van der Waals surface area contributed by atoms with Gasteiger partial charge in [-0.25, -0.2) is 13.6 Å². The van der Waals surface area contributed by atoms with Gasteiger partial charge >= 0.3 is 0 Å². The zero-order valence-electron chi connectivity index (χ0n) is 22.0. The van der Waals surface area contributed by atoms with Crippen molar-refractivity contribution in [1.29, 1.82) is 0 Å². The molecule has 11 heteroatoms. The summed E-state index contributed by atoms with van der Waals surface area (Å²) in [6.45, 7) is 7.04. The molecule has 9 nitrogen and oxygen atoms in total. The van der Waals surface area contributed by atoms with Crippen LogP contribution < -0.4 is 15.2 Å². The van der Waals surface area contributed by atoms with Crippen molar-refractivity contribution in [3.8, 4) is 5.75 Å². The molecule has 3 N–H and O–H groups in total. The first-order valence-corrected chi connectivity index (χ1v) is 14.9. The summed E-state index contributed by atoms with van der Waals surface area (Å²) in [5, 5.41) is 17.2. The van der Waals surface area contributed by atoms with Crippen molar-refractivity contribution in [2.24, 2.45) is 5.14 Å². The molecule has 0 aliphatic heterocycles. The van der Waals surface area contributed by atoms with Crippen molar-refractivity contribution in [3.05, 3.63) is 95.3 Å². The van der Waals surface area contributed by atoms with Crippen molar-refractivity contribution in [2.45, 2.75) is 49.9 Å². The van der Waals surface area contributed by atoms with Gasteiger partial charge in [0, 0.05) is 5.69 Å². The van der Waals surface area contributed by atoms with Crippen LogP contribution in [0.1, 0.15) is 42.3 Å². The van der Waals surface area contributed by atoms with Crippen LogP contribution in [0.5, 0.6) is 5.75 Å². The fourth-order valence-corrected chi connectivity index (χ4v) is 5.17. The number of benzene rings is 3. The summed E-state index contributed by atoms with van der Waals surface area (Å²) < 4.78 is 31.1. The number of thioether (sulfide) groups is 1. The number of carbonyl (C=O) groups is 1. The van der Waals surface area contributed by atoms with E-state index in [0.29, 0.717) is 29.1 Å². The van der Waals surface area contributed by atoms with Crippen LogP contribution in [0.25, 0.3) is 0 Å². The highest BCUT2D eigenvalue weighted by molar-refractivity contribution is 7.99. The van der Waals surface area contributed by atoms with E-state index >= 15 is 0 Å². The minimum absolute atomic E-state index is 0.0233. The Balaban J connectivity index is 1.48. The van der Waals surface area contributed by atoms with Crippen molar-refractivity contribution >= 4 is 33.4 Å². The lowest BCUT2D eigenvalue weighted by Gasteiger charge is -2.15. The highest BCUT2D eigenvalue weighted by Crippen LogP contribution is 2.28. The average molecular weight is 566 g/mol. The van der Waals surface area contributed by atoms with E-state index in [1.165, 1.54) is 36.0 Å². The standard InChI is InChI=1S/C28H31N5O4S2/c1-19(2)24-14-9-20(3)15-25(24)37-17-26-31-32-28(33(26)16-21-7-5-4-6-8-21)38-18-27(34)30-22-10-12-23(13-11-22)39(29,35)36/h4-15,19H,16-18H2,1-3H3,(H,30,34)(H2,29,35,36). The van der Waals surface area contributed by atoms with Gasteiger partial charge in [0.15, 0.2) is 11.0 Å². The number of nitrogens with two attached hydrogens (primary N) is 1. The van der Waals surface area contributed by atoms with Crippen LogP contribution in [-0.2, 0) is 28.0 Å². The van der Waals surface area contributed by atoms with E-state index in [1.807, 2.05) is 47.9 Å². The number of rotatable bonds is 11. The number of ether oxygens (including phenoxy) is 1. The second-order valence-electron chi connectivity index (χ2n) is 9.36. The molecule has 0 aliphatic rings. The number of nitrogens with zero attached hydrogens (tertiary/aromatic N) is 3. The third-order valence-electron chi connectivity index (χ3n) is 5.92. The van der Waals surface area contributed by atoms with E-state index in [4.69, 9.17) is 9.88 Å². The average Bonchev–Trinajstić information content (AvgIpc) is 3.27. The monoisotopic (exact) mass is 565 g/mol. The molecule has 0 aliphatic carbocycles. The quantitative estimate of drug-likeness (QED) is 0.252. The molecule has 4 aromatic rings.